The molecule has 252 valence electrons. The van der Waals surface area contributed by atoms with E-state index in [0.717, 1.165) is 23.3 Å². The molecule has 0 saturated carbocycles. The summed E-state index contributed by atoms with van der Waals surface area (Å²) in [4.78, 5) is 47.5. The average molecular weight is 657 g/mol. The number of carbonyl (C=O) groups is 4. The van der Waals surface area contributed by atoms with Gasteiger partial charge in [0.15, 0.2) is 11.5 Å². The largest absolute Gasteiger partial charge is 0.490 e. The topological polar surface area (TPSA) is 124 Å². The molecule has 0 aromatic heterocycles. The van der Waals surface area contributed by atoms with Crippen LogP contribution >= 0.6 is 0 Å². The normalized spacial score (nSPS) is 10.6. The number of esters is 4. The maximum Gasteiger partial charge on any atom is 0.343 e. The van der Waals surface area contributed by atoms with Gasteiger partial charge in [-0.1, -0.05) is 57.8 Å². The molecule has 10 heteroatoms. The highest BCUT2D eigenvalue weighted by atomic mass is 16.6. The lowest BCUT2D eigenvalue weighted by Gasteiger charge is -2.26. The van der Waals surface area contributed by atoms with Crippen LogP contribution in [0.15, 0.2) is 104 Å². The van der Waals surface area contributed by atoms with Gasteiger partial charge in [0.25, 0.3) is 0 Å². The van der Waals surface area contributed by atoms with E-state index in [0.29, 0.717) is 41.4 Å². The highest BCUT2D eigenvalue weighted by Gasteiger charge is 2.24. The third kappa shape index (κ3) is 11.0. The van der Waals surface area contributed by atoms with Gasteiger partial charge >= 0.3 is 23.9 Å². The van der Waals surface area contributed by atoms with Gasteiger partial charge in [0, 0.05) is 36.0 Å². The molecular formula is C38H40O10. The predicted octanol–water partition coefficient (Wildman–Crippen LogP) is 6.71. The van der Waals surface area contributed by atoms with Crippen molar-refractivity contribution in [1.29, 1.82) is 0 Å². The molecule has 3 aromatic rings. The number of ether oxygens (including phenoxy) is 6. The molecule has 0 spiro atoms. The summed E-state index contributed by atoms with van der Waals surface area (Å²) in [6, 6.07) is 19.1. The highest BCUT2D eigenvalue weighted by Crippen LogP contribution is 2.34. The van der Waals surface area contributed by atoms with E-state index >= 15 is 0 Å². The smallest absolute Gasteiger partial charge is 0.343 e. The van der Waals surface area contributed by atoms with Gasteiger partial charge in [-0.3, -0.25) is 0 Å². The first-order valence-corrected chi connectivity index (χ1v) is 15.2. The van der Waals surface area contributed by atoms with Crippen LogP contribution in [-0.2, 0) is 29.3 Å². The number of carbonyl (C=O) groups excluding carboxylic acids is 4. The van der Waals surface area contributed by atoms with Gasteiger partial charge in [0.2, 0.25) is 0 Å². The summed E-state index contributed by atoms with van der Waals surface area (Å²) in [6.45, 7) is 16.7. The van der Waals surface area contributed by atoms with Crippen LogP contribution in [0, 0.1) is 0 Å². The van der Waals surface area contributed by atoms with Crippen molar-refractivity contribution >= 4 is 23.9 Å². The first kappa shape index (κ1) is 36.8. The maximum atomic E-state index is 13.1. The molecule has 0 bridgehead atoms. The molecule has 48 heavy (non-hydrogen) atoms. The van der Waals surface area contributed by atoms with Gasteiger partial charge in [-0.05, 0) is 60.5 Å². The summed E-state index contributed by atoms with van der Waals surface area (Å²) < 4.78 is 32.6. The Hall–Kier alpha value is -5.64. The minimum Gasteiger partial charge on any atom is -0.490 e. The molecule has 3 rings (SSSR count). The Morgan fingerprint density at radius 2 is 1.15 bits per heavy atom. The molecule has 0 radical (unpaired) electrons. The Morgan fingerprint density at radius 1 is 0.667 bits per heavy atom. The summed E-state index contributed by atoms with van der Waals surface area (Å²) in [5.74, 6) is -0.694. The van der Waals surface area contributed by atoms with Crippen LogP contribution in [-0.4, -0.2) is 50.3 Å². The zero-order chi connectivity index (χ0) is 35.1. The molecule has 0 saturated heterocycles. The Morgan fingerprint density at radius 3 is 1.62 bits per heavy atom. The average Bonchev–Trinajstić information content (AvgIpc) is 3.08. The lowest BCUT2D eigenvalue weighted by molar-refractivity contribution is -0.138. The lowest BCUT2D eigenvalue weighted by atomic mass is 9.78. The van der Waals surface area contributed by atoms with Crippen LogP contribution in [0.2, 0.25) is 0 Å². The van der Waals surface area contributed by atoms with Gasteiger partial charge in [-0.25, -0.2) is 19.2 Å². The van der Waals surface area contributed by atoms with E-state index in [2.05, 4.69) is 33.6 Å². The van der Waals surface area contributed by atoms with Gasteiger partial charge in [0.1, 0.15) is 11.5 Å². The Bertz CT molecular complexity index is 1620. The van der Waals surface area contributed by atoms with E-state index in [9.17, 15) is 19.2 Å². The van der Waals surface area contributed by atoms with Crippen molar-refractivity contribution in [1.82, 2.24) is 0 Å². The van der Waals surface area contributed by atoms with Crippen LogP contribution in [0.5, 0.6) is 23.0 Å². The van der Waals surface area contributed by atoms with E-state index in [-0.39, 0.29) is 32.0 Å². The van der Waals surface area contributed by atoms with Gasteiger partial charge in [-0.2, -0.15) is 0 Å². The summed E-state index contributed by atoms with van der Waals surface area (Å²) in [5, 5.41) is 0. The first-order chi connectivity index (χ1) is 22.9. The molecule has 0 amide bonds. The van der Waals surface area contributed by atoms with Crippen LogP contribution in [0.3, 0.4) is 0 Å². The van der Waals surface area contributed by atoms with E-state index in [1.165, 1.54) is 6.07 Å². The number of hydrogen-bond donors (Lipinski definition) is 0. The van der Waals surface area contributed by atoms with Gasteiger partial charge < -0.3 is 28.4 Å². The SMILES string of the molecule is C=CC(=O)OCCCOc1ccc(C(=O)Oc2ccc(C(C)(C)c3ccc(OC(=O)C(=C)C)cc3)cc2)cc1OCCCOC(=O)C=C. The molecule has 0 unspecified atom stereocenters. The Kier molecular flexibility index (Phi) is 13.7. The second-order valence-corrected chi connectivity index (χ2v) is 11.0. The fourth-order valence-electron chi connectivity index (χ4n) is 4.22. The van der Waals surface area contributed by atoms with E-state index in [4.69, 9.17) is 28.4 Å². The molecule has 0 N–H and O–H groups in total. The molecule has 0 aliphatic rings. The summed E-state index contributed by atoms with van der Waals surface area (Å²) >= 11 is 0. The third-order valence-corrected chi connectivity index (χ3v) is 7.02. The molecule has 0 fully saturated rings. The molecule has 3 aromatic carbocycles. The van der Waals surface area contributed by atoms with Crippen LogP contribution in [0.1, 0.15) is 55.1 Å². The highest BCUT2D eigenvalue weighted by molar-refractivity contribution is 5.92. The molecular weight excluding hydrogens is 616 g/mol. The van der Waals surface area contributed by atoms with Crippen molar-refractivity contribution in [3.63, 3.8) is 0 Å². The van der Waals surface area contributed by atoms with Crippen LogP contribution < -0.4 is 18.9 Å². The molecule has 0 aliphatic heterocycles. The van der Waals surface area contributed by atoms with Crippen LogP contribution in [0.25, 0.3) is 0 Å². The zero-order valence-corrected chi connectivity index (χ0v) is 27.5. The van der Waals surface area contributed by atoms with Crippen molar-refractivity contribution in [2.24, 2.45) is 0 Å². The van der Waals surface area contributed by atoms with Crippen molar-refractivity contribution < 1.29 is 47.6 Å². The first-order valence-electron chi connectivity index (χ1n) is 15.2. The Labute approximate surface area is 280 Å². The quantitative estimate of drug-likeness (QED) is 0.0632. The number of hydrogen-bond acceptors (Lipinski definition) is 10. The molecule has 0 aliphatic carbocycles. The van der Waals surface area contributed by atoms with Crippen molar-refractivity contribution in [3.05, 3.63) is 121 Å². The lowest BCUT2D eigenvalue weighted by Crippen LogP contribution is -2.19. The minimum absolute atomic E-state index is 0.125. The zero-order valence-electron chi connectivity index (χ0n) is 27.5. The summed E-state index contributed by atoms with van der Waals surface area (Å²) in [5.41, 5.74) is 2.11. The van der Waals surface area contributed by atoms with E-state index in [1.54, 1.807) is 43.3 Å². The number of rotatable bonds is 18. The maximum absolute atomic E-state index is 13.1. The van der Waals surface area contributed by atoms with Crippen molar-refractivity contribution in [2.45, 2.75) is 39.0 Å². The van der Waals surface area contributed by atoms with Crippen molar-refractivity contribution in [3.8, 4) is 23.0 Å². The van der Waals surface area contributed by atoms with E-state index in [1.807, 2.05) is 24.3 Å². The van der Waals surface area contributed by atoms with Crippen molar-refractivity contribution in [2.75, 3.05) is 26.4 Å². The predicted molar refractivity (Wildman–Crippen MR) is 179 cm³/mol. The molecule has 0 atom stereocenters. The molecule has 0 heterocycles. The fraction of sp³-hybridized carbons (Fsp3) is 0.263. The second kappa shape index (κ2) is 17.9. The summed E-state index contributed by atoms with van der Waals surface area (Å²) in [7, 11) is 0. The second-order valence-electron chi connectivity index (χ2n) is 11.0. The molecule has 10 nitrogen and oxygen atoms in total. The Balaban J connectivity index is 1.67. The fourth-order valence-corrected chi connectivity index (χ4v) is 4.22. The monoisotopic (exact) mass is 656 g/mol. The number of benzene rings is 3. The third-order valence-electron chi connectivity index (χ3n) is 7.02. The summed E-state index contributed by atoms with van der Waals surface area (Å²) in [6.07, 6.45) is 2.97. The van der Waals surface area contributed by atoms with Gasteiger partial charge in [-0.15, -0.1) is 0 Å². The van der Waals surface area contributed by atoms with Crippen LogP contribution in [0.4, 0.5) is 0 Å². The minimum atomic E-state index is -0.602. The van der Waals surface area contributed by atoms with Gasteiger partial charge in [0.05, 0.1) is 32.0 Å². The van der Waals surface area contributed by atoms with E-state index < -0.39 is 29.3 Å². The standard InChI is InChI=1S/C38H40O10/c1-7-34(39)45-23-9-21-43-32-20-11-27(25-33(32)44-22-10-24-46-35(40)8-2)37(42)48-31-18-14-29(15-19-31)38(5,6)28-12-16-30(17-13-28)47-36(41)26(3)4/h7-8,11-20,25H,1-3,9-10,21-24H2,4-6H3.